The first-order chi connectivity index (χ1) is 16.1. The Hall–Kier alpha value is -2.67. The molecule has 0 radical (unpaired) electrons. The molecule has 2 unspecified atom stereocenters. The van der Waals surface area contributed by atoms with E-state index in [1.54, 1.807) is 7.11 Å². The van der Waals surface area contributed by atoms with Gasteiger partial charge in [-0.1, -0.05) is 24.6 Å². The number of hydrogen-bond acceptors (Lipinski definition) is 4. The summed E-state index contributed by atoms with van der Waals surface area (Å²) in [6.07, 6.45) is 14.6. The van der Waals surface area contributed by atoms with Crippen LogP contribution in [0.15, 0.2) is 36.5 Å². The molecule has 7 heteroatoms. The molecule has 1 saturated carbocycles. The predicted octanol–water partition coefficient (Wildman–Crippen LogP) is 3.38. The molecule has 3 aliphatic rings. The Kier molecular flexibility index (Phi) is 6.23. The zero-order valence-electron chi connectivity index (χ0n) is 19.5. The van der Waals surface area contributed by atoms with Crippen molar-refractivity contribution in [1.29, 1.82) is 0 Å². The highest BCUT2D eigenvalue weighted by Gasteiger charge is 2.37. The molecule has 5 rings (SSSR count). The van der Waals surface area contributed by atoms with Crippen LogP contribution in [0.2, 0.25) is 0 Å². The first kappa shape index (κ1) is 22.1. The second-order valence-electron chi connectivity index (χ2n) is 10.1. The van der Waals surface area contributed by atoms with Crippen molar-refractivity contribution in [3.05, 3.63) is 47.9 Å². The second kappa shape index (κ2) is 9.29. The van der Waals surface area contributed by atoms with Crippen LogP contribution in [0.1, 0.15) is 61.1 Å². The highest BCUT2D eigenvalue weighted by atomic mass is 16.5. The zero-order valence-corrected chi connectivity index (χ0v) is 19.5. The number of aromatic nitrogens is 2. The third-order valence-electron chi connectivity index (χ3n) is 7.72. The lowest BCUT2D eigenvalue weighted by Gasteiger charge is -2.42. The summed E-state index contributed by atoms with van der Waals surface area (Å²) in [5.41, 5.74) is 2.14. The van der Waals surface area contributed by atoms with Crippen LogP contribution in [0.3, 0.4) is 0 Å². The first-order valence-electron chi connectivity index (χ1n) is 12.3. The fourth-order valence-electron chi connectivity index (χ4n) is 6.07. The molecule has 2 aliphatic carbocycles. The molecule has 3 heterocycles. The van der Waals surface area contributed by atoms with Crippen molar-refractivity contribution < 1.29 is 14.3 Å². The molecular formula is C26H34N4O3. The molecule has 2 amide bonds. The molecule has 2 aromatic rings. The number of allylic oxidation sites excluding steroid dienone is 2. The van der Waals surface area contributed by atoms with Crippen LogP contribution in [-0.4, -0.2) is 58.9 Å². The number of ether oxygens (including phenoxy) is 1. The molecule has 1 saturated heterocycles. The Morgan fingerprint density at radius 2 is 2.18 bits per heavy atom. The van der Waals surface area contributed by atoms with Crippen LogP contribution >= 0.6 is 0 Å². The number of likely N-dealkylation sites (tertiary alicyclic amines) is 1. The zero-order chi connectivity index (χ0) is 22.8. The number of imidazole rings is 1. The normalized spacial score (nSPS) is 26.6. The van der Waals surface area contributed by atoms with Crippen molar-refractivity contribution in [2.24, 2.45) is 11.3 Å². The molecule has 3 atom stereocenters. The van der Waals surface area contributed by atoms with E-state index in [1.165, 1.54) is 25.7 Å². The van der Waals surface area contributed by atoms with E-state index in [9.17, 15) is 9.59 Å². The van der Waals surface area contributed by atoms with Gasteiger partial charge in [0, 0.05) is 26.4 Å². The monoisotopic (exact) mass is 450 g/mol. The van der Waals surface area contributed by atoms with Gasteiger partial charge in [0.05, 0.1) is 24.8 Å². The molecule has 2 bridgehead atoms. The summed E-state index contributed by atoms with van der Waals surface area (Å²) in [6, 6.07) is 5.71. The summed E-state index contributed by atoms with van der Waals surface area (Å²) in [6.45, 7) is 2.05. The Morgan fingerprint density at radius 3 is 3.06 bits per heavy atom. The quantitative estimate of drug-likeness (QED) is 0.656. The van der Waals surface area contributed by atoms with Crippen molar-refractivity contribution in [3.63, 3.8) is 0 Å². The number of nitrogens with zero attached hydrogens (tertiary/aromatic N) is 3. The van der Waals surface area contributed by atoms with Crippen LogP contribution in [0.4, 0.5) is 0 Å². The van der Waals surface area contributed by atoms with E-state index in [0.29, 0.717) is 36.1 Å². The van der Waals surface area contributed by atoms with Crippen LogP contribution in [0, 0.1) is 11.3 Å². The smallest absolute Gasteiger partial charge is 0.268 e. The van der Waals surface area contributed by atoms with Crippen molar-refractivity contribution in [3.8, 4) is 0 Å². The molecular weight excluding hydrogens is 416 g/mol. The summed E-state index contributed by atoms with van der Waals surface area (Å²) >= 11 is 0. The number of rotatable bonds is 7. The minimum absolute atomic E-state index is 0.0697. The van der Waals surface area contributed by atoms with Gasteiger partial charge in [-0.25, -0.2) is 4.98 Å². The van der Waals surface area contributed by atoms with E-state index < -0.39 is 0 Å². The van der Waals surface area contributed by atoms with E-state index in [4.69, 9.17) is 4.74 Å². The Labute approximate surface area is 195 Å². The maximum absolute atomic E-state index is 13.1. The molecule has 1 N–H and O–H groups in total. The summed E-state index contributed by atoms with van der Waals surface area (Å²) in [4.78, 5) is 32.6. The van der Waals surface area contributed by atoms with Gasteiger partial charge in [-0.15, -0.1) is 0 Å². The number of nitrogens with one attached hydrogen (secondary N) is 1. The van der Waals surface area contributed by atoms with E-state index in [0.717, 1.165) is 25.8 Å². The van der Waals surface area contributed by atoms with Gasteiger partial charge in [0.15, 0.2) is 0 Å². The number of methoxy groups -OCH3 is 1. The largest absolute Gasteiger partial charge is 0.383 e. The molecule has 176 valence electrons. The third kappa shape index (κ3) is 4.56. The third-order valence-corrected chi connectivity index (χ3v) is 7.72. The Morgan fingerprint density at radius 1 is 1.27 bits per heavy atom. The number of hydrogen-bond donors (Lipinski definition) is 1. The average Bonchev–Trinajstić information content (AvgIpc) is 3.44. The van der Waals surface area contributed by atoms with E-state index in [-0.39, 0.29) is 29.7 Å². The van der Waals surface area contributed by atoms with Crippen molar-refractivity contribution in [2.45, 2.75) is 57.4 Å². The fraction of sp³-hybridized carbons (Fsp3) is 0.577. The Bertz CT molecular complexity index is 1060. The van der Waals surface area contributed by atoms with Gasteiger partial charge in [0.1, 0.15) is 11.3 Å². The lowest BCUT2D eigenvalue weighted by Crippen LogP contribution is -2.42. The molecule has 2 aromatic heterocycles. The first-order valence-corrected chi connectivity index (χ1v) is 12.3. The van der Waals surface area contributed by atoms with Gasteiger partial charge in [-0.2, -0.15) is 0 Å². The van der Waals surface area contributed by atoms with Crippen LogP contribution < -0.4 is 5.32 Å². The van der Waals surface area contributed by atoms with Crippen molar-refractivity contribution in [1.82, 2.24) is 19.6 Å². The summed E-state index contributed by atoms with van der Waals surface area (Å²) in [7, 11) is 1.67. The minimum Gasteiger partial charge on any atom is -0.383 e. The summed E-state index contributed by atoms with van der Waals surface area (Å²) < 4.78 is 7.09. The highest BCUT2D eigenvalue weighted by Crippen LogP contribution is 2.45. The SMILES string of the molecule is COC[C@@H]1CCCN1C(=O)Cc1cn2c(C(=O)NCC34CC=CC(CCC3)C4)cccc2n1. The lowest BCUT2D eigenvalue weighted by molar-refractivity contribution is -0.132. The van der Waals surface area contributed by atoms with Crippen LogP contribution in [-0.2, 0) is 16.0 Å². The second-order valence-corrected chi connectivity index (χ2v) is 10.1. The molecule has 0 spiro atoms. The van der Waals surface area contributed by atoms with Gasteiger partial charge in [0.2, 0.25) is 5.91 Å². The Balaban J connectivity index is 1.28. The molecule has 2 fully saturated rings. The van der Waals surface area contributed by atoms with Gasteiger partial charge in [0.25, 0.3) is 5.91 Å². The summed E-state index contributed by atoms with van der Waals surface area (Å²) in [5.74, 6) is 0.655. The van der Waals surface area contributed by atoms with Crippen LogP contribution in [0.25, 0.3) is 5.65 Å². The van der Waals surface area contributed by atoms with E-state index in [1.807, 2.05) is 33.7 Å². The topological polar surface area (TPSA) is 75.9 Å². The molecule has 0 aromatic carbocycles. The highest BCUT2D eigenvalue weighted by molar-refractivity contribution is 5.93. The molecule has 7 nitrogen and oxygen atoms in total. The number of pyridine rings is 1. The molecule has 33 heavy (non-hydrogen) atoms. The maximum atomic E-state index is 13.1. The fourth-order valence-corrected chi connectivity index (χ4v) is 6.07. The standard InChI is InChI=1S/C26H34N4O3/c1-33-17-21-8-5-13-29(21)24(31)14-20-16-30-22(9-2-10-23(30)28-20)25(32)27-18-26-11-3-6-19(15-26)7-4-12-26/h2-3,6,9-10,16,19,21H,4-5,7-8,11-15,17-18H2,1H3,(H,27,32)/t19?,21-,26?/m0/s1. The molecule has 1 aliphatic heterocycles. The van der Waals surface area contributed by atoms with E-state index >= 15 is 0 Å². The lowest BCUT2D eigenvalue weighted by atomic mass is 9.65. The van der Waals surface area contributed by atoms with Crippen molar-refractivity contribution in [2.75, 3.05) is 26.8 Å². The number of carbonyl (C=O) groups is 2. The number of fused-ring (bicyclic) bond motifs is 3. The number of amides is 2. The van der Waals surface area contributed by atoms with Crippen LogP contribution in [0.5, 0.6) is 0 Å². The summed E-state index contributed by atoms with van der Waals surface area (Å²) in [5, 5.41) is 3.21. The van der Waals surface area contributed by atoms with Crippen molar-refractivity contribution >= 4 is 17.5 Å². The maximum Gasteiger partial charge on any atom is 0.268 e. The van der Waals surface area contributed by atoms with Gasteiger partial charge in [-0.3, -0.25) is 14.0 Å². The van der Waals surface area contributed by atoms with Gasteiger partial charge >= 0.3 is 0 Å². The number of carbonyl (C=O) groups excluding carboxylic acids is 2. The van der Waals surface area contributed by atoms with E-state index in [2.05, 4.69) is 22.5 Å². The minimum atomic E-state index is -0.0818. The average molecular weight is 451 g/mol. The van der Waals surface area contributed by atoms with Gasteiger partial charge < -0.3 is 15.0 Å². The predicted molar refractivity (Wildman–Crippen MR) is 126 cm³/mol. The van der Waals surface area contributed by atoms with Gasteiger partial charge in [-0.05, 0) is 62.0 Å².